The smallest absolute Gasteiger partial charge is 0.303 e. The van der Waals surface area contributed by atoms with Crippen molar-refractivity contribution in [2.45, 2.75) is 77.8 Å². The fourth-order valence-corrected chi connectivity index (χ4v) is 12.3. The number of carboxylic acid groups (broad SMARTS) is 1. The van der Waals surface area contributed by atoms with Gasteiger partial charge in [-0.05, 0) is 85.3 Å². The molecule has 5 nitrogen and oxygen atoms in total. The summed E-state index contributed by atoms with van der Waals surface area (Å²) in [6, 6.07) is 10.7. The number of rotatable bonds is 7. The minimum absolute atomic E-state index is 0.237. The quantitative estimate of drug-likeness (QED) is 0.480. The average Bonchev–Trinajstić information content (AvgIpc) is 2.85. The molecule has 3 heterocycles. The second-order valence-electron chi connectivity index (χ2n) is 10.8. The number of carboxylic acids is 1. The van der Waals surface area contributed by atoms with Gasteiger partial charge in [0, 0.05) is 43.2 Å². The van der Waals surface area contributed by atoms with Crippen LogP contribution in [0, 0.1) is 0 Å². The fraction of sp³-hybridized carbons (Fsp3) is 0.552. The topological polar surface area (TPSA) is 55.9 Å². The lowest BCUT2D eigenvalue weighted by Crippen LogP contribution is -2.68. The maximum atomic E-state index is 11.5. The van der Waals surface area contributed by atoms with E-state index in [1.165, 1.54) is 45.4 Å². The van der Waals surface area contributed by atoms with E-state index in [-0.39, 0.29) is 6.42 Å². The molecule has 6 heteroatoms. The van der Waals surface area contributed by atoms with Crippen LogP contribution in [0.5, 0.6) is 0 Å². The van der Waals surface area contributed by atoms with Crippen LogP contribution in [0.25, 0.3) is 0 Å². The summed E-state index contributed by atoms with van der Waals surface area (Å²) in [7, 11) is -2.28. The second-order valence-corrected chi connectivity index (χ2v) is 15.5. The molecule has 1 atom stereocenters. The highest BCUT2D eigenvalue weighted by Gasteiger charge is 2.46. The first-order valence-electron chi connectivity index (χ1n) is 13.7. The molecule has 0 saturated heterocycles. The molecule has 3 aliphatic rings. The molecule has 0 amide bonds. The van der Waals surface area contributed by atoms with E-state index in [0.29, 0.717) is 5.54 Å². The molecule has 0 aliphatic carbocycles. The van der Waals surface area contributed by atoms with E-state index in [0.717, 1.165) is 62.5 Å². The Hall–Kier alpha value is -2.47. The lowest BCUT2D eigenvalue weighted by atomic mass is 10.0. The minimum Gasteiger partial charge on any atom is -0.481 e. The number of aryl methyl sites for hydroxylation is 2. The van der Waals surface area contributed by atoms with E-state index in [9.17, 15) is 9.90 Å². The summed E-state index contributed by atoms with van der Waals surface area (Å²) >= 11 is 0. The number of nitrogens with zero attached hydrogens (tertiary/aromatic N) is 3. The van der Waals surface area contributed by atoms with E-state index in [1.54, 1.807) is 0 Å². The number of fused-ring (bicyclic) bond motifs is 4. The lowest BCUT2D eigenvalue weighted by Gasteiger charge is -2.41. The molecule has 0 saturated carbocycles. The number of hydrogen-bond acceptors (Lipinski definition) is 3. The Labute approximate surface area is 210 Å². The van der Waals surface area contributed by atoms with Gasteiger partial charge in [-0.1, -0.05) is 13.8 Å². The normalized spacial score (nSPS) is 20.6. The summed E-state index contributed by atoms with van der Waals surface area (Å²) in [6.45, 7) is 13.5. The van der Waals surface area contributed by atoms with Crippen molar-refractivity contribution in [2.75, 3.05) is 31.1 Å². The third-order valence-electron chi connectivity index (χ3n) is 8.74. The van der Waals surface area contributed by atoms with Crippen molar-refractivity contribution in [1.29, 1.82) is 0 Å². The third-order valence-corrected chi connectivity index (χ3v) is 14.6. The molecule has 0 bridgehead atoms. The van der Waals surface area contributed by atoms with Crippen LogP contribution in [0.15, 0.2) is 29.3 Å². The number of aliphatic carboxylic acids is 1. The lowest BCUT2D eigenvalue weighted by molar-refractivity contribution is -0.137. The van der Waals surface area contributed by atoms with Gasteiger partial charge in [-0.15, -0.1) is 0 Å². The zero-order valence-corrected chi connectivity index (χ0v) is 22.9. The number of anilines is 1. The molecular weight excluding hydrogens is 450 g/mol. The first-order chi connectivity index (χ1) is 16.9. The molecule has 5 rings (SSSR count). The van der Waals surface area contributed by atoms with Crippen molar-refractivity contribution in [3.63, 3.8) is 0 Å². The van der Waals surface area contributed by atoms with Gasteiger partial charge in [0.2, 0.25) is 5.36 Å². The van der Waals surface area contributed by atoms with Crippen LogP contribution in [0.1, 0.15) is 64.5 Å². The van der Waals surface area contributed by atoms with Gasteiger partial charge >= 0.3 is 5.97 Å². The Morgan fingerprint density at radius 3 is 2.63 bits per heavy atom. The van der Waals surface area contributed by atoms with Gasteiger partial charge in [0.1, 0.15) is 21.2 Å². The van der Waals surface area contributed by atoms with Crippen molar-refractivity contribution in [1.82, 2.24) is 4.58 Å². The fourth-order valence-electron chi connectivity index (χ4n) is 6.92. The highest BCUT2D eigenvalue weighted by Crippen LogP contribution is 2.36. The zero-order chi connectivity index (χ0) is 24.7. The van der Waals surface area contributed by atoms with E-state index in [2.05, 4.69) is 61.4 Å². The van der Waals surface area contributed by atoms with E-state index in [1.807, 2.05) is 0 Å². The van der Waals surface area contributed by atoms with Crippen LogP contribution in [0.4, 0.5) is 11.4 Å². The molecule has 186 valence electrons. The van der Waals surface area contributed by atoms with Gasteiger partial charge in [-0.3, -0.25) is 4.79 Å². The molecule has 2 aromatic rings. The third kappa shape index (κ3) is 4.04. The van der Waals surface area contributed by atoms with Crippen molar-refractivity contribution in [3.8, 4) is 0 Å². The molecule has 3 aliphatic heterocycles. The molecule has 1 unspecified atom stereocenters. The maximum Gasteiger partial charge on any atom is 0.303 e. The second kappa shape index (κ2) is 9.53. The first kappa shape index (κ1) is 24.2. The molecule has 0 fully saturated rings. The SMILES string of the molecule is CCN1CCCc2cc3c(cc21)[Si](CCCC(=O)O)(C(C)C)c1cc2c(cc1=N3)CCC[N+]=2CC. The molecule has 2 aromatic carbocycles. The Morgan fingerprint density at radius 1 is 1.11 bits per heavy atom. The number of benzene rings is 2. The Morgan fingerprint density at radius 2 is 1.91 bits per heavy atom. The summed E-state index contributed by atoms with van der Waals surface area (Å²) in [5, 5.41) is 14.9. The molecule has 0 aromatic heterocycles. The Bertz CT molecular complexity index is 1290. The molecule has 0 spiro atoms. The monoisotopic (exact) mass is 490 g/mol. The summed E-state index contributed by atoms with van der Waals surface area (Å²) in [5.41, 5.74) is 5.86. The zero-order valence-electron chi connectivity index (χ0n) is 21.9. The van der Waals surface area contributed by atoms with Crippen LogP contribution < -0.4 is 30.6 Å². The van der Waals surface area contributed by atoms with Gasteiger partial charge in [-0.2, -0.15) is 0 Å². The molecular formula is C29H40N3O2Si+. The van der Waals surface area contributed by atoms with Crippen LogP contribution in [0.3, 0.4) is 0 Å². The molecule has 1 N–H and O–H groups in total. The van der Waals surface area contributed by atoms with Gasteiger partial charge in [-0.25, -0.2) is 9.57 Å². The molecule has 0 radical (unpaired) electrons. The summed E-state index contributed by atoms with van der Waals surface area (Å²) in [4.78, 5) is 19.4. The molecule has 35 heavy (non-hydrogen) atoms. The predicted molar refractivity (Wildman–Crippen MR) is 146 cm³/mol. The van der Waals surface area contributed by atoms with Crippen LogP contribution in [0.2, 0.25) is 11.6 Å². The van der Waals surface area contributed by atoms with E-state index in [4.69, 9.17) is 4.99 Å². The van der Waals surface area contributed by atoms with E-state index >= 15 is 0 Å². The predicted octanol–water partition coefficient (Wildman–Crippen LogP) is 3.02. The Kier molecular flexibility index (Phi) is 6.60. The van der Waals surface area contributed by atoms with Crippen LogP contribution in [-0.4, -0.2) is 45.3 Å². The largest absolute Gasteiger partial charge is 0.481 e. The van der Waals surface area contributed by atoms with Crippen molar-refractivity contribution in [3.05, 3.63) is 46.1 Å². The highest BCUT2D eigenvalue weighted by molar-refractivity contribution is 7.04. The Balaban J connectivity index is 1.81. The minimum atomic E-state index is -2.28. The maximum absolute atomic E-state index is 11.5. The first-order valence-corrected chi connectivity index (χ1v) is 16.0. The van der Waals surface area contributed by atoms with Gasteiger partial charge in [0.15, 0.2) is 0 Å². The number of hydrogen-bond donors (Lipinski definition) is 1. The van der Waals surface area contributed by atoms with E-state index < -0.39 is 14.0 Å². The van der Waals surface area contributed by atoms with Gasteiger partial charge < -0.3 is 10.0 Å². The number of carbonyl (C=O) groups is 1. The van der Waals surface area contributed by atoms with Crippen molar-refractivity contribution < 1.29 is 9.90 Å². The van der Waals surface area contributed by atoms with Crippen molar-refractivity contribution in [2.24, 2.45) is 4.99 Å². The van der Waals surface area contributed by atoms with Gasteiger partial charge in [0.05, 0.1) is 11.0 Å². The summed E-state index contributed by atoms with van der Waals surface area (Å²) in [5.74, 6) is -0.691. The van der Waals surface area contributed by atoms with Crippen molar-refractivity contribution >= 4 is 35.8 Å². The standard InChI is InChI=1S/C29H39N3O2Si/c1-5-31-13-7-10-21-16-23-27(18-25(21)31)35(20(3)4,15-9-12-29(33)34)28-19-26-22(17-24(28)30-23)11-8-14-32(26)6-2/h16-20H,5-15H2,1-4H3/p+1. The summed E-state index contributed by atoms with van der Waals surface area (Å²) < 4.78 is 2.52. The van der Waals surface area contributed by atoms with Crippen LogP contribution >= 0.6 is 0 Å². The summed E-state index contributed by atoms with van der Waals surface area (Å²) in [6.07, 6.45) is 5.59. The van der Waals surface area contributed by atoms with Crippen LogP contribution in [-0.2, 0) is 17.6 Å². The average molecular weight is 491 g/mol. The highest BCUT2D eigenvalue weighted by atomic mass is 28.3. The van der Waals surface area contributed by atoms with Gasteiger partial charge in [0.25, 0.3) is 0 Å².